The zero-order valence-corrected chi connectivity index (χ0v) is 14.0. The van der Waals surface area contributed by atoms with E-state index in [1.807, 2.05) is 0 Å². The van der Waals surface area contributed by atoms with E-state index < -0.39 is 18.8 Å². The number of fused-ring (bicyclic) bond motifs is 1. The van der Waals surface area contributed by atoms with Crippen molar-refractivity contribution in [2.75, 3.05) is 6.61 Å². The van der Waals surface area contributed by atoms with Crippen LogP contribution in [0.4, 0.5) is 13.2 Å². The predicted molar refractivity (Wildman–Crippen MR) is 84.7 cm³/mol. The van der Waals surface area contributed by atoms with Crippen LogP contribution < -0.4 is 9.47 Å². The number of benzene rings is 1. The minimum absolute atomic E-state index is 0.0395. The lowest BCUT2D eigenvalue weighted by atomic mass is 9.98. The highest BCUT2D eigenvalue weighted by molar-refractivity contribution is 6.36. The molecule has 24 heavy (non-hydrogen) atoms. The summed E-state index contributed by atoms with van der Waals surface area (Å²) in [5.41, 5.74) is 0.310. The van der Waals surface area contributed by atoms with Crippen LogP contribution >= 0.6 is 11.6 Å². The lowest BCUT2D eigenvalue weighted by Crippen LogP contribution is -2.21. The molecule has 0 bridgehead atoms. The fraction of sp³-hybridized carbons (Fsp3) is 0.562. The van der Waals surface area contributed by atoms with Crippen LogP contribution in [0, 0.1) is 5.82 Å². The van der Waals surface area contributed by atoms with Crippen molar-refractivity contribution < 1.29 is 22.6 Å². The standard InChI is InChI=1S/C16H18ClF3N2O2/c1-22-15-13(17)11(23-8-12(19)20)7-10(18)14(15)21-16(22)24-9-5-3-2-4-6-9/h7,9,12H,2-6,8H2,1H3. The molecule has 4 nitrogen and oxygen atoms in total. The van der Waals surface area contributed by atoms with Gasteiger partial charge in [0, 0.05) is 13.1 Å². The second kappa shape index (κ2) is 7.09. The van der Waals surface area contributed by atoms with Crippen molar-refractivity contribution in [3.8, 4) is 11.8 Å². The van der Waals surface area contributed by atoms with Crippen molar-refractivity contribution in [3.63, 3.8) is 0 Å². The number of ether oxygens (including phenoxy) is 2. The molecule has 132 valence electrons. The van der Waals surface area contributed by atoms with Gasteiger partial charge in [-0.05, 0) is 25.7 Å². The smallest absolute Gasteiger partial charge is 0.297 e. The summed E-state index contributed by atoms with van der Waals surface area (Å²) in [5.74, 6) is -0.818. The minimum Gasteiger partial charge on any atom is -0.486 e. The second-order valence-corrected chi connectivity index (χ2v) is 6.28. The lowest BCUT2D eigenvalue weighted by Gasteiger charge is -2.22. The Kier molecular flexibility index (Phi) is 5.08. The molecular formula is C16H18ClF3N2O2. The molecule has 1 aliphatic rings. The molecule has 0 spiro atoms. The van der Waals surface area contributed by atoms with Gasteiger partial charge in [-0.15, -0.1) is 0 Å². The Bertz CT molecular complexity index is 730. The van der Waals surface area contributed by atoms with Crippen LogP contribution in [0.3, 0.4) is 0 Å². The summed E-state index contributed by atoms with van der Waals surface area (Å²) in [5, 5.41) is 0.0422. The normalized spacial score (nSPS) is 16.1. The topological polar surface area (TPSA) is 36.3 Å². The number of hydrogen-bond acceptors (Lipinski definition) is 3. The molecule has 0 unspecified atom stereocenters. The molecule has 0 radical (unpaired) electrons. The highest BCUT2D eigenvalue weighted by Gasteiger charge is 2.23. The van der Waals surface area contributed by atoms with E-state index in [4.69, 9.17) is 21.1 Å². The van der Waals surface area contributed by atoms with Crippen LogP contribution in [-0.2, 0) is 7.05 Å². The molecule has 1 fully saturated rings. The Labute approximate surface area is 142 Å². The van der Waals surface area contributed by atoms with Gasteiger partial charge in [-0.2, -0.15) is 4.98 Å². The van der Waals surface area contributed by atoms with E-state index in [1.54, 1.807) is 7.05 Å². The van der Waals surface area contributed by atoms with E-state index in [0.29, 0.717) is 0 Å². The van der Waals surface area contributed by atoms with Crippen LogP contribution in [0.15, 0.2) is 6.07 Å². The molecular weight excluding hydrogens is 345 g/mol. The summed E-state index contributed by atoms with van der Waals surface area (Å²) in [6.07, 6.45) is 2.62. The van der Waals surface area contributed by atoms with Gasteiger partial charge in [-0.3, -0.25) is 4.57 Å². The van der Waals surface area contributed by atoms with Crippen LogP contribution in [-0.4, -0.2) is 28.7 Å². The van der Waals surface area contributed by atoms with E-state index in [9.17, 15) is 13.2 Å². The third kappa shape index (κ3) is 3.41. The summed E-state index contributed by atoms with van der Waals surface area (Å²) >= 11 is 6.21. The Hall–Kier alpha value is -1.63. The number of hydrogen-bond donors (Lipinski definition) is 0. The highest BCUT2D eigenvalue weighted by atomic mass is 35.5. The van der Waals surface area contributed by atoms with Crippen LogP contribution in [0.2, 0.25) is 5.02 Å². The van der Waals surface area contributed by atoms with Crippen molar-refractivity contribution in [2.24, 2.45) is 7.05 Å². The Morgan fingerprint density at radius 1 is 1.33 bits per heavy atom. The average Bonchev–Trinajstić information content (AvgIpc) is 2.88. The monoisotopic (exact) mass is 362 g/mol. The molecule has 8 heteroatoms. The third-order valence-electron chi connectivity index (χ3n) is 4.15. The fourth-order valence-corrected chi connectivity index (χ4v) is 3.28. The number of aryl methyl sites for hydroxylation is 1. The fourth-order valence-electron chi connectivity index (χ4n) is 2.95. The molecule has 1 heterocycles. The van der Waals surface area contributed by atoms with E-state index in [-0.39, 0.29) is 33.9 Å². The second-order valence-electron chi connectivity index (χ2n) is 5.90. The number of imidazole rings is 1. The zero-order chi connectivity index (χ0) is 17.3. The van der Waals surface area contributed by atoms with Gasteiger partial charge in [0.2, 0.25) is 0 Å². The summed E-state index contributed by atoms with van der Waals surface area (Å²) < 4.78 is 51.2. The lowest BCUT2D eigenvalue weighted by molar-refractivity contribution is 0.0818. The van der Waals surface area contributed by atoms with Crippen LogP contribution in [0.1, 0.15) is 32.1 Å². The first-order valence-electron chi connectivity index (χ1n) is 7.89. The Balaban J connectivity index is 1.94. The molecule has 0 amide bonds. The summed E-state index contributed by atoms with van der Waals surface area (Å²) in [4.78, 5) is 4.18. The minimum atomic E-state index is -2.67. The first-order valence-corrected chi connectivity index (χ1v) is 8.27. The summed E-state index contributed by atoms with van der Waals surface area (Å²) in [6.45, 7) is -0.853. The van der Waals surface area contributed by atoms with E-state index in [2.05, 4.69) is 4.98 Å². The van der Waals surface area contributed by atoms with Gasteiger partial charge < -0.3 is 9.47 Å². The summed E-state index contributed by atoms with van der Waals surface area (Å²) in [6, 6.07) is 1.24. The van der Waals surface area contributed by atoms with Gasteiger partial charge >= 0.3 is 0 Å². The molecule has 3 rings (SSSR count). The zero-order valence-electron chi connectivity index (χ0n) is 13.2. The van der Waals surface area contributed by atoms with Gasteiger partial charge in [0.15, 0.2) is 5.82 Å². The maximum absolute atomic E-state index is 14.3. The Morgan fingerprint density at radius 3 is 2.71 bits per heavy atom. The summed E-state index contributed by atoms with van der Waals surface area (Å²) in [7, 11) is 1.65. The van der Waals surface area contributed by atoms with Crippen molar-refractivity contribution in [1.29, 1.82) is 0 Å². The molecule has 1 aromatic heterocycles. The van der Waals surface area contributed by atoms with Crippen molar-refractivity contribution in [3.05, 3.63) is 16.9 Å². The number of halogens is 4. The quantitative estimate of drug-likeness (QED) is 0.772. The molecule has 0 atom stereocenters. The van der Waals surface area contributed by atoms with E-state index in [0.717, 1.165) is 31.7 Å². The molecule has 2 aromatic rings. The molecule has 0 saturated heterocycles. The third-order valence-corrected chi connectivity index (χ3v) is 4.52. The maximum atomic E-state index is 14.3. The Morgan fingerprint density at radius 2 is 2.04 bits per heavy atom. The number of aromatic nitrogens is 2. The van der Waals surface area contributed by atoms with Crippen molar-refractivity contribution in [2.45, 2.75) is 44.6 Å². The van der Waals surface area contributed by atoms with Crippen LogP contribution in [0.5, 0.6) is 11.8 Å². The number of rotatable bonds is 5. The molecule has 0 aliphatic heterocycles. The van der Waals surface area contributed by atoms with Crippen LogP contribution in [0.25, 0.3) is 11.0 Å². The average molecular weight is 363 g/mol. The van der Waals surface area contributed by atoms with E-state index >= 15 is 0 Å². The van der Waals surface area contributed by atoms with Crippen molar-refractivity contribution >= 4 is 22.6 Å². The van der Waals surface area contributed by atoms with Gasteiger partial charge in [0.05, 0.1) is 5.52 Å². The number of nitrogens with zero attached hydrogens (tertiary/aromatic N) is 2. The van der Waals surface area contributed by atoms with Gasteiger partial charge in [0.1, 0.15) is 29.0 Å². The number of alkyl halides is 2. The SMILES string of the molecule is Cn1c(OC2CCCCC2)nc2c(F)cc(OCC(F)F)c(Cl)c21. The van der Waals surface area contributed by atoms with Crippen molar-refractivity contribution in [1.82, 2.24) is 9.55 Å². The van der Waals surface area contributed by atoms with Gasteiger partial charge in [0.25, 0.3) is 12.4 Å². The highest BCUT2D eigenvalue weighted by Crippen LogP contribution is 2.37. The predicted octanol–water partition coefficient (Wildman–Crippen LogP) is 4.72. The molecule has 0 N–H and O–H groups in total. The van der Waals surface area contributed by atoms with Gasteiger partial charge in [-0.1, -0.05) is 18.0 Å². The van der Waals surface area contributed by atoms with Gasteiger partial charge in [-0.25, -0.2) is 13.2 Å². The molecule has 1 saturated carbocycles. The largest absolute Gasteiger partial charge is 0.486 e. The first-order chi connectivity index (χ1) is 11.5. The molecule has 1 aromatic carbocycles. The molecule has 1 aliphatic carbocycles. The first kappa shape index (κ1) is 17.2. The maximum Gasteiger partial charge on any atom is 0.297 e. The van der Waals surface area contributed by atoms with E-state index in [1.165, 1.54) is 11.0 Å².